The van der Waals surface area contributed by atoms with Crippen LogP contribution < -0.4 is 0 Å². The van der Waals surface area contributed by atoms with Crippen molar-refractivity contribution in [1.29, 1.82) is 0 Å². The van der Waals surface area contributed by atoms with Crippen molar-refractivity contribution in [3.05, 3.63) is 35.9 Å². The average Bonchev–Trinajstić information content (AvgIpc) is 2.86. The van der Waals surface area contributed by atoms with Crippen LogP contribution in [0.25, 0.3) is 5.52 Å². The van der Waals surface area contributed by atoms with Crippen LogP contribution in [0.1, 0.15) is 49.3 Å². The first-order chi connectivity index (χ1) is 8.75. The van der Waals surface area contributed by atoms with Gasteiger partial charge in [0.05, 0.1) is 24.1 Å². The van der Waals surface area contributed by atoms with E-state index in [0.29, 0.717) is 5.92 Å². The molecule has 2 aromatic heterocycles. The number of rotatable bonds is 2. The number of aromatic nitrogens is 2. The van der Waals surface area contributed by atoms with Gasteiger partial charge in [0.2, 0.25) is 0 Å². The van der Waals surface area contributed by atoms with E-state index in [1.165, 1.54) is 24.8 Å². The Morgan fingerprint density at radius 2 is 2.11 bits per heavy atom. The van der Waals surface area contributed by atoms with Crippen molar-refractivity contribution < 1.29 is 5.11 Å². The number of aliphatic hydroxyl groups is 1. The predicted molar refractivity (Wildman–Crippen MR) is 71.5 cm³/mol. The van der Waals surface area contributed by atoms with Gasteiger partial charge in [-0.05, 0) is 37.3 Å². The Labute approximate surface area is 107 Å². The molecule has 3 rings (SSSR count). The molecule has 0 saturated heterocycles. The largest absolute Gasteiger partial charge is 0.388 e. The van der Waals surface area contributed by atoms with E-state index in [-0.39, 0.29) is 6.10 Å². The van der Waals surface area contributed by atoms with Gasteiger partial charge in [-0.2, -0.15) is 0 Å². The van der Waals surface area contributed by atoms with Crippen molar-refractivity contribution in [3.63, 3.8) is 0 Å². The molecule has 96 valence electrons. The van der Waals surface area contributed by atoms with E-state index in [1.54, 1.807) is 6.33 Å². The minimum atomic E-state index is -0.343. The molecule has 0 spiro atoms. The zero-order valence-electron chi connectivity index (χ0n) is 10.8. The van der Waals surface area contributed by atoms with Crippen LogP contribution in [-0.2, 0) is 0 Å². The molecule has 3 nitrogen and oxygen atoms in total. The van der Waals surface area contributed by atoms with Crippen molar-refractivity contribution in [1.82, 2.24) is 9.38 Å². The summed E-state index contributed by atoms with van der Waals surface area (Å²) in [5.41, 5.74) is 3.25. The monoisotopic (exact) mass is 244 g/mol. The summed E-state index contributed by atoms with van der Waals surface area (Å²) in [6.07, 6.45) is 11.5. The first-order valence-corrected chi connectivity index (χ1v) is 6.86. The van der Waals surface area contributed by atoms with Gasteiger partial charge in [-0.15, -0.1) is 0 Å². The van der Waals surface area contributed by atoms with E-state index in [0.717, 1.165) is 23.9 Å². The van der Waals surface area contributed by atoms with Crippen molar-refractivity contribution in [2.24, 2.45) is 5.92 Å². The van der Waals surface area contributed by atoms with Gasteiger partial charge in [-0.1, -0.05) is 19.3 Å². The molecule has 1 unspecified atom stereocenters. The summed E-state index contributed by atoms with van der Waals surface area (Å²) in [5.74, 6) is 0.416. The van der Waals surface area contributed by atoms with Crippen LogP contribution in [0.4, 0.5) is 0 Å². The topological polar surface area (TPSA) is 37.5 Å². The summed E-state index contributed by atoms with van der Waals surface area (Å²) in [7, 11) is 0. The second-order valence-corrected chi connectivity index (χ2v) is 5.50. The minimum Gasteiger partial charge on any atom is -0.388 e. The lowest BCUT2D eigenvalue weighted by Crippen LogP contribution is -2.16. The zero-order valence-corrected chi connectivity index (χ0v) is 10.8. The van der Waals surface area contributed by atoms with Crippen LogP contribution in [0, 0.1) is 12.8 Å². The fourth-order valence-electron chi connectivity index (χ4n) is 3.15. The lowest BCUT2D eigenvalue weighted by molar-refractivity contribution is 0.0857. The van der Waals surface area contributed by atoms with E-state index in [2.05, 4.69) is 24.2 Å². The van der Waals surface area contributed by atoms with Crippen LogP contribution in [0.5, 0.6) is 0 Å². The highest BCUT2D eigenvalue weighted by Crippen LogP contribution is 2.36. The second kappa shape index (κ2) is 4.73. The maximum Gasteiger partial charge on any atom is 0.0992 e. The Balaban J connectivity index is 1.99. The van der Waals surface area contributed by atoms with Crippen LogP contribution in [0.15, 0.2) is 24.8 Å². The third-order valence-electron chi connectivity index (χ3n) is 4.10. The van der Waals surface area contributed by atoms with Crippen LogP contribution >= 0.6 is 0 Å². The van der Waals surface area contributed by atoms with Crippen molar-refractivity contribution >= 4 is 5.52 Å². The number of hydrogen-bond acceptors (Lipinski definition) is 2. The second-order valence-electron chi connectivity index (χ2n) is 5.50. The first kappa shape index (κ1) is 11.7. The summed E-state index contributed by atoms with van der Waals surface area (Å²) in [6, 6.07) is 2.11. The summed E-state index contributed by atoms with van der Waals surface area (Å²) >= 11 is 0. The molecule has 1 aliphatic carbocycles. The average molecular weight is 244 g/mol. The quantitative estimate of drug-likeness (QED) is 0.880. The highest BCUT2D eigenvalue weighted by molar-refractivity contribution is 5.55. The molecule has 0 bridgehead atoms. The van der Waals surface area contributed by atoms with Gasteiger partial charge < -0.3 is 9.51 Å². The maximum absolute atomic E-state index is 10.6. The lowest BCUT2D eigenvalue weighted by atomic mass is 9.82. The Kier molecular flexibility index (Phi) is 3.08. The smallest absolute Gasteiger partial charge is 0.0992 e. The molecule has 1 saturated carbocycles. The molecule has 0 aromatic carbocycles. The van der Waals surface area contributed by atoms with Gasteiger partial charge in [0.25, 0.3) is 0 Å². The third kappa shape index (κ3) is 2.03. The lowest BCUT2D eigenvalue weighted by Gasteiger charge is -2.27. The fourth-order valence-corrected chi connectivity index (χ4v) is 3.15. The SMILES string of the molecule is Cc1cc(C(O)C2CCCCC2)c2cncn2c1. The summed E-state index contributed by atoms with van der Waals surface area (Å²) in [5, 5.41) is 10.6. The molecular formula is C15H20N2O. The Morgan fingerprint density at radius 3 is 2.89 bits per heavy atom. The zero-order chi connectivity index (χ0) is 12.5. The van der Waals surface area contributed by atoms with Crippen LogP contribution in [0.3, 0.4) is 0 Å². The van der Waals surface area contributed by atoms with E-state index >= 15 is 0 Å². The summed E-state index contributed by atoms with van der Waals surface area (Å²) in [4.78, 5) is 4.18. The van der Waals surface area contributed by atoms with Gasteiger partial charge >= 0.3 is 0 Å². The molecule has 1 fully saturated rings. The normalized spacial score (nSPS) is 19.2. The number of fused-ring (bicyclic) bond motifs is 1. The Hall–Kier alpha value is -1.35. The molecule has 0 aliphatic heterocycles. The van der Waals surface area contributed by atoms with Gasteiger partial charge in [0.1, 0.15) is 0 Å². The number of hydrogen-bond donors (Lipinski definition) is 1. The first-order valence-electron chi connectivity index (χ1n) is 6.86. The van der Waals surface area contributed by atoms with Crippen molar-refractivity contribution in [2.75, 3.05) is 0 Å². The number of aliphatic hydroxyl groups excluding tert-OH is 1. The molecule has 2 aromatic rings. The standard InChI is InChI=1S/C15H20N2O/c1-11-7-13(14-8-16-10-17(14)9-11)15(18)12-5-3-2-4-6-12/h7-10,12,15,18H,2-6H2,1H3. The van der Waals surface area contributed by atoms with Gasteiger partial charge in [-0.25, -0.2) is 4.98 Å². The predicted octanol–water partition coefficient (Wildman–Crippen LogP) is 3.26. The van der Waals surface area contributed by atoms with E-state index in [9.17, 15) is 5.11 Å². The number of aryl methyl sites for hydroxylation is 1. The molecule has 1 atom stereocenters. The fraction of sp³-hybridized carbons (Fsp3) is 0.533. The molecule has 2 heterocycles. The Morgan fingerprint density at radius 1 is 1.33 bits per heavy atom. The number of nitrogens with zero attached hydrogens (tertiary/aromatic N) is 2. The highest BCUT2D eigenvalue weighted by atomic mass is 16.3. The highest BCUT2D eigenvalue weighted by Gasteiger charge is 2.24. The van der Waals surface area contributed by atoms with E-state index in [1.807, 2.05) is 10.6 Å². The molecule has 1 aliphatic rings. The van der Waals surface area contributed by atoms with Gasteiger partial charge in [0, 0.05) is 11.8 Å². The van der Waals surface area contributed by atoms with E-state index < -0.39 is 0 Å². The molecule has 3 heteroatoms. The summed E-state index contributed by atoms with van der Waals surface area (Å²) < 4.78 is 2.01. The number of pyridine rings is 1. The minimum absolute atomic E-state index is 0.343. The molecule has 18 heavy (non-hydrogen) atoms. The maximum atomic E-state index is 10.6. The third-order valence-corrected chi connectivity index (χ3v) is 4.10. The van der Waals surface area contributed by atoms with Crippen molar-refractivity contribution in [2.45, 2.75) is 45.1 Å². The number of imidazole rings is 1. The Bertz CT molecular complexity index is 540. The van der Waals surface area contributed by atoms with Crippen molar-refractivity contribution in [3.8, 4) is 0 Å². The van der Waals surface area contributed by atoms with Gasteiger partial charge in [0.15, 0.2) is 0 Å². The molecule has 1 N–H and O–H groups in total. The van der Waals surface area contributed by atoms with Crippen LogP contribution in [-0.4, -0.2) is 14.5 Å². The van der Waals surface area contributed by atoms with Crippen LogP contribution in [0.2, 0.25) is 0 Å². The molecule has 0 amide bonds. The molecule has 0 radical (unpaired) electrons. The van der Waals surface area contributed by atoms with E-state index in [4.69, 9.17) is 0 Å². The summed E-state index contributed by atoms with van der Waals surface area (Å²) in [6.45, 7) is 2.07. The molecular weight excluding hydrogens is 224 g/mol. The van der Waals surface area contributed by atoms with Gasteiger partial charge in [-0.3, -0.25) is 0 Å².